The molecule has 2 rings (SSSR count). The second kappa shape index (κ2) is 10.7. The highest BCUT2D eigenvalue weighted by Crippen LogP contribution is 2.50. The van der Waals surface area contributed by atoms with Crippen molar-refractivity contribution in [1.82, 2.24) is 0 Å². The molecule has 0 heterocycles. The topological polar surface area (TPSA) is 74.6 Å². The van der Waals surface area contributed by atoms with Gasteiger partial charge in [0.25, 0.3) is 0 Å². The highest BCUT2D eigenvalue weighted by molar-refractivity contribution is 5.77. The normalized spacial score (nSPS) is 15.1. The lowest BCUT2D eigenvalue weighted by molar-refractivity contribution is -0.147. The molecule has 0 aromatic heterocycles. The highest BCUT2D eigenvalue weighted by Gasteiger charge is 2.49. The molecule has 0 radical (unpaired) electrons. The predicted octanol–water partition coefficient (Wildman–Crippen LogP) is 6.79. The van der Waals surface area contributed by atoms with E-state index in [1.165, 1.54) is 27.8 Å². The Hall–Kier alpha value is -1.84. The standard InChI is InChI=1S/C27H42O4/c1-19-18-22(12-8-6-7-10-14-26(4,5)24(28)29)20(2)21(3)23(19)13-9-11-15-27(16-17-27)25(30)31/h18H,6-17H2,1-5H3,(H,28,29)(H,30,31). The number of carbonyl (C=O) groups is 2. The van der Waals surface area contributed by atoms with E-state index in [1.807, 2.05) is 13.8 Å². The maximum atomic E-state index is 11.3. The summed E-state index contributed by atoms with van der Waals surface area (Å²) in [5.41, 5.74) is 6.03. The van der Waals surface area contributed by atoms with Gasteiger partial charge in [-0.25, -0.2) is 0 Å². The summed E-state index contributed by atoms with van der Waals surface area (Å²) in [6.45, 7) is 10.3. The molecule has 1 aromatic rings. The lowest BCUT2D eigenvalue weighted by Crippen LogP contribution is -2.23. The number of rotatable bonds is 14. The molecule has 4 nitrogen and oxygen atoms in total. The van der Waals surface area contributed by atoms with Crippen LogP contribution in [0.5, 0.6) is 0 Å². The number of hydrogen-bond donors (Lipinski definition) is 2. The Morgan fingerprint density at radius 3 is 2.10 bits per heavy atom. The Morgan fingerprint density at radius 1 is 0.903 bits per heavy atom. The van der Waals surface area contributed by atoms with E-state index in [2.05, 4.69) is 26.8 Å². The SMILES string of the molecule is Cc1cc(CCCCCCC(C)(C)C(=O)O)c(C)c(C)c1CCCCC1(C(=O)O)CC1. The van der Waals surface area contributed by atoms with E-state index in [-0.39, 0.29) is 0 Å². The molecule has 174 valence electrons. The van der Waals surface area contributed by atoms with Crippen molar-refractivity contribution in [3.05, 3.63) is 33.9 Å². The molecule has 0 amide bonds. The molecule has 4 heteroatoms. The van der Waals surface area contributed by atoms with Crippen LogP contribution in [0.3, 0.4) is 0 Å². The minimum atomic E-state index is -0.705. The van der Waals surface area contributed by atoms with Crippen LogP contribution in [-0.4, -0.2) is 22.2 Å². The molecule has 0 spiro atoms. The molecule has 0 atom stereocenters. The fraction of sp³-hybridized carbons (Fsp3) is 0.704. The monoisotopic (exact) mass is 430 g/mol. The van der Waals surface area contributed by atoms with E-state index in [1.54, 1.807) is 0 Å². The average molecular weight is 431 g/mol. The largest absolute Gasteiger partial charge is 0.481 e. The number of hydrogen-bond acceptors (Lipinski definition) is 2. The number of carboxylic acid groups (broad SMARTS) is 2. The molecule has 1 fully saturated rings. The van der Waals surface area contributed by atoms with Crippen LogP contribution in [0.4, 0.5) is 0 Å². The molecule has 0 aliphatic heterocycles. The van der Waals surface area contributed by atoms with Gasteiger partial charge in [0.15, 0.2) is 0 Å². The zero-order valence-electron chi connectivity index (χ0n) is 20.3. The lowest BCUT2D eigenvalue weighted by atomic mass is 9.86. The second-order valence-corrected chi connectivity index (χ2v) is 10.5. The summed E-state index contributed by atoms with van der Waals surface area (Å²) in [4.78, 5) is 22.5. The minimum absolute atomic E-state index is 0.396. The second-order valence-electron chi connectivity index (χ2n) is 10.5. The molecule has 0 saturated heterocycles. The predicted molar refractivity (Wildman–Crippen MR) is 126 cm³/mol. The van der Waals surface area contributed by atoms with Gasteiger partial charge in [0.1, 0.15) is 0 Å². The Kier molecular flexibility index (Phi) is 8.73. The van der Waals surface area contributed by atoms with Crippen molar-refractivity contribution in [3.8, 4) is 0 Å². The van der Waals surface area contributed by atoms with Crippen LogP contribution >= 0.6 is 0 Å². The van der Waals surface area contributed by atoms with Crippen LogP contribution < -0.4 is 0 Å². The minimum Gasteiger partial charge on any atom is -0.481 e. The van der Waals surface area contributed by atoms with E-state index < -0.39 is 22.8 Å². The van der Waals surface area contributed by atoms with Crippen LogP contribution in [0.25, 0.3) is 0 Å². The van der Waals surface area contributed by atoms with E-state index >= 15 is 0 Å². The summed E-state index contributed by atoms with van der Waals surface area (Å²) >= 11 is 0. The number of aliphatic carboxylic acids is 2. The maximum Gasteiger partial charge on any atom is 0.309 e. The fourth-order valence-electron chi connectivity index (χ4n) is 4.69. The van der Waals surface area contributed by atoms with Crippen molar-refractivity contribution in [1.29, 1.82) is 0 Å². The molecule has 1 aliphatic rings. The quantitative estimate of drug-likeness (QED) is 0.319. The van der Waals surface area contributed by atoms with Gasteiger partial charge in [0, 0.05) is 0 Å². The Morgan fingerprint density at radius 2 is 1.52 bits per heavy atom. The Bertz CT molecular complexity index is 787. The number of carboxylic acids is 2. The van der Waals surface area contributed by atoms with Crippen LogP contribution in [0, 0.1) is 31.6 Å². The molecule has 1 aliphatic carbocycles. The van der Waals surface area contributed by atoms with E-state index in [4.69, 9.17) is 0 Å². The number of aryl methyl sites for hydroxylation is 2. The first-order valence-electron chi connectivity index (χ1n) is 12.1. The first kappa shape index (κ1) is 25.4. The first-order chi connectivity index (χ1) is 14.5. The van der Waals surface area contributed by atoms with Crippen molar-refractivity contribution in [2.24, 2.45) is 10.8 Å². The summed E-state index contributed by atoms with van der Waals surface area (Å²) in [6.07, 6.45) is 11.8. The average Bonchev–Trinajstić information content (AvgIpc) is 3.48. The molecule has 0 unspecified atom stereocenters. The molecule has 1 aromatic carbocycles. The summed E-state index contributed by atoms with van der Waals surface area (Å²) < 4.78 is 0. The van der Waals surface area contributed by atoms with Gasteiger partial charge in [-0.15, -0.1) is 0 Å². The van der Waals surface area contributed by atoms with Gasteiger partial charge < -0.3 is 10.2 Å². The zero-order chi connectivity index (χ0) is 23.2. The lowest BCUT2D eigenvalue weighted by Gasteiger charge is -2.19. The van der Waals surface area contributed by atoms with E-state index in [9.17, 15) is 19.8 Å². The molecule has 1 saturated carbocycles. The van der Waals surface area contributed by atoms with Gasteiger partial charge in [-0.1, -0.05) is 31.7 Å². The van der Waals surface area contributed by atoms with Crippen LogP contribution in [0.2, 0.25) is 0 Å². The van der Waals surface area contributed by atoms with Crippen molar-refractivity contribution in [2.45, 2.75) is 112 Å². The Labute approximate surface area is 188 Å². The molecule has 0 bridgehead atoms. The van der Waals surface area contributed by atoms with Gasteiger partial charge in [0.2, 0.25) is 0 Å². The van der Waals surface area contributed by atoms with E-state index in [0.717, 1.165) is 77.0 Å². The van der Waals surface area contributed by atoms with Crippen LogP contribution in [0.1, 0.15) is 106 Å². The third kappa shape index (κ3) is 6.82. The summed E-state index contributed by atoms with van der Waals surface area (Å²) in [5.74, 6) is -1.31. The summed E-state index contributed by atoms with van der Waals surface area (Å²) in [6, 6.07) is 2.35. The van der Waals surface area contributed by atoms with Gasteiger partial charge >= 0.3 is 11.9 Å². The summed E-state index contributed by atoms with van der Waals surface area (Å²) in [7, 11) is 0. The number of benzene rings is 1. The van der Waals surface area contributed by atoms with Gasteiger partial charge in [-0.3, -0.25) is 9.59 Å². The van der Waals surface area contributed by atoms with Crippen molar-refractivity contribution >= 4 is 11.9 Å². The van der Waals surface area contributed by atoms with Crippen molar-refractivity contribution in [3.63, 3.8) is 0 Å². The van der Waals surface area contributed by atoms with Crippen molar-refractivity contribution in [2.75, 3.05) is 0 Å². The van der Waals surface area contributed by atoms with Gasteiger partial charge in [0.05, 0.1) is 10.8 Å². The maximum absolute atomic E-state index is 11.3. The Balaban J connectivity index is 1.78. The molecule has 2 N–H and O–H groups in total. The van der Waals surface area contributed by atoms with Crippen LogP contribution in [0.15, 0.2) is 6.07 Å². The van der Waals surface area contributed by atoms with Gasteiger partial charge in [-0.2, -0.15) is 0 Å². The third-order valence-electron chi connectivity index (χ3n) is 7.58. The molecular weight excluding hydrogens is 388 g/mol. The van der Waals surface area contributed by atoms with Crippen molar-refractivity contribution < 1.29 is 19.8 Å². The first-order valence-corrected chi connectivity index (χ1v) is 12.1. The third-order valence-corrected chi connectivity index (χ3v) is 7.58. The van der Waals surface area contributed by atoms with Crippen LogP contribution in [-0.2, 0) is 22.4 Å². The van der Waals surface area contributed by atoms with E-state index in [0.29, 0.717) is 0 Å². The smallest absolute Gasteiger partial charge is 0.309 e. The highest BCUT2D eigenvalue weighted by atomic mass is 16.4. The molecular formula is C27H42O4. The van der Waals surface area contributed by atoms with Gasteiger partial charge in [-0.05, 0) is 114 Å². The number of unbranched alkanes of at least 4 members (excludes halogenated alkanes) is 4. The summed E-state index contributed by atoms with van der Waals surface area (Å²) in [5, 5.41) is 18.5. The zero-order valence-corrected chi connectivity index (χ0v) is 20.3. The fourth-order valence-corrected chi connectivity index (χ4v) is 4.69. The molecule has 31 heavy (non-hydrogen) atoms.